The number of aromatic nitrogens is 2. The lowest BCUT2D eigenvalue weighted by atomic mass is 9.96. The number of hydrogen-bond donors (Lipinski definition) is 2. The van der Waals surface area contributed by atoms with Crippen molar-refractivity contribution in [3.05, 3.63) is 78.0 Å². The molecular weight excluding hydrogens is 486 g/mol. The van der Waals surface area contributed by atoms with Crippen LogP contribution in [-0.4, -0.2) is 72.0 Å². The zero-order chi connectivity index (χ0) is 26.6. The molecule has 2 fully saturated rings. The highest BCUT2D eigenvalue weighted by molar-refractivity contribution is 6.26. The first-order chi connectivity index (χ1) is 19.1. The van der Waals surface area contributed by atoms with Gasteiger partial charge in [-0.3, -0.25) is 14.7 Å². The van der Waals surface area contributed by atoms with E-state index in [2.05, 4.69) is 60.2 Å². The Bertz CT molecular complexity index is 1400. The Morgan fingerprint density at radius 2 is 1.79 bits per heavy atom. The minimum atomic E-state index is -0.211. The van der Waals surface area contributed by atoms with E-state index < -0.39 is 0 Å². The maximum atomic E-state index is 13.4. The van der Waals surface area contributed by atoms with Crippen molar-refractivity contribution >= 4 is 28.7 Å². The number of fused-ring (bicyclic) bond motifs is 1. The molecule has 2 saturated heterocycles. The Morgan fingerprint density at radius 1 is 0.949 bits per heavy atom. The third-order valence-electron chi connectivity index (χ3n) is 7.78. The molecule has 3 aliphatic heterocycles. The molecule has 6 rings (SSSR count). The zero-order valence-electron chi connectivity index (χ0n) is 22.5. The summed E-state index contributed by atoms with van der Waals surface area (Å²) in [6.07, 6.45) is 11.1. The Labute approximate surface area is 230 Å². The second-order valence-electron chi connectivity index (χ2n) is 10.6. The van der Waals surface area contributed by atoms with Gasteiger partial charge in [-0.05, 0) is 74.4 Å². The summed E-state index contributed by atoms with van der Waals surface area (Å²) in [6, 6.07) is 12.2. The van der Waals surface area contributed by atoms with E-state index in [0.717, 1.165) is 74.0 Å². The van der Waals surface area contributed by atoms with E-state index in [1.807, 2.05) is 36.7 Å². The number of likely N-dealkylation sites (tertiary alicyclic amines) is 1. The Hall–Kier alpha value is -3.97. The molecular formula is C31H35N7O. The summed E-state index contributed by atoms with van der Waals surface area (Å²) >= 11 is 0. The van der Waals surface area contributed by atoms with Crippen LogP contribution in [0.4, 0.5) is 17.2 Å². The number of likely N-dealkylation sites (N-methyl/N-ethyl adjacent to an activating group) is 1. The average molecular weight is 522 g/mol. The molecule has 0 spiro atoms. The maximum absolute atomic E-state index is 13.4. The number of hydrogen-bond acceptors (Lipinski definition) is 7. The molecule has 2 aromatic heterocycles. The van der Waals surface area contributed by atoms with Crippen LogP contribution in [0.25, 0.3) is 16.7 Å². The van der Waals surface area contributed by atoms with Gasteiger partial charge in [-0.15, -0.1) is 0 Å². The highest BCUT2D eigenvalue weighted by atomic mass is 16.1. The number of carbonyl (C=O) groups is 1. The van der Waals surface area contributed by atoms with Crippen molar-refractivity contribution in [2.24, 2.45) is 0 Å². The van der Waals surface area contributed by atoms with Crippen LogP contribution in [0.5, 0.6) is 0 Å². The van der Waals surface area contributed by atoms with Gasteiger partial charge >= 0.3 is 0 Å². The molecule has 0 aliphatic carbocycles. The fourth-order valence-electron chi connectivity index (χ4n) is 5.49. The molecule has 0 atom stereocenters. The molecule has 8 heteroatoms. The fraction of sp³-hybridized carbons (Fsp3) is 0.355. The highest BCUT2D eigenvalue weighted by Crippen LogP contribution is 2.32. The second kappa shape index (κ2) is 11.4. The largest absolute Gasteiger partial charge is 0.355 e. The molecule has 3 aliphatic rings. The molecule has 0 unspecified atom stereocenters. The summed E-state index contributed by atoms with van der Waals surface area (Å²) in [4.78, 5) is 29.6. The maximum Gasteiger partial charge on any atom is 0.264 e. The third kappa shape index (κ3) is 5.88. The number of rotatable bonds is 6. The van der Waals surface area contributed by atoms with Crippen molar-refractivity contribution in [1.82, 2.24) is 19.8 Å². The Morgan fingerprint density at radius 3 is 2.59 bits per heavy atom. The smallest absolute Gasteiger partial charge is 0.264 e. The van der Waals surface area contributed by atoms with Gasteiger partial charge in [-0.1, -0.05) is 18.2 Å². The van der Waals surface area contributed by atoms with Crippen LogP contribution in [0.3, 0.4) is 0 Å². The number of piperidine rings is 1. The standard InChI is InChI=1S/C31H35N7O/c1-36-13-15-38(16-14-36)30-8-6-26(21-34-30)35-31(39)27-9-10-33-29-7-5-24(18-28(27)29)25-17-23(19-32-20-25)22-37-11-3-2-4-12-37/h5-8,10,17-21,33H,2-4,11-16,22H2,1H3,(H,35,39). The van der Waals surface area contributed by atoms with Crippen LogP contribution in [0.15, 0.2) is 66.9 Å². The van der Waals surface area contributed by atoms with E-state index >= 15 is 0 Å². The van der Waals surface area contributed by atoms with Gasteiger partial charge < -0.3 is 20.4 Å². The van der Waals surface area contributed by atoms with Gasteiger partial charge in [0.1, 0.15) is 5.82 Å². The molecule has 0 radical (unpaired) electrons. The van der Waals surface area contributed by atoms with Gasteiger partial charge in [-0.2, -0.15) is 0 Å². The molecule has 39 heavy (non-hydrogen) atoms. The van der Waals surface area contributed by atoms with E-state index in [9.17, 15) is 4.79 Å². The predicted octanol–water partition coefficient (Wildman–Crippen LogP) is 4.44. The van der Waals surface area contributed by atoms with E-state index in [-0.39, 0.29) is 5.91 Å². The number of benzene rings is 1. The van der Waals surface area contributed by atoms with Crippen LogP contribution < -0.4 is 15.5 Å². The number of nitrogens with zero attached hydrogens (tertiary/aromatic N) is 5. The first-order valence-corrected chi connectivity index (χ1v) is 13.9. The van der Waals surface area contributed by atoms with Crippen molar-refractivity contribution in [3.63, 3.8) is 0 Å². The minimum absolute atomic E-state index is 0.211. The lowest BCUT2D eigenvalue weighted by molar-refractivity contribution is -0.111. The highest BCUT2D eigenvalue weighted by Gasteiger charge is 2.20. The van der Waals surface area contributed by atoms with Gasteiger partial charge in [0.15, 0.2) is 0 Å². The van der Waals surface area contributed by atoms with Gasteiger partial charge in [-0.25, -0.2) is 4.98 Å². The molecule has 1 amide bonds. The number of pyridine rings is 2. The van der Waals surface area contributed by atoms with E-state index in [4.69, 9.17) is 0 Å². The Balaban J connectivity index is 1.17. The summed E-state index contributed by atoms with van der Waals surface area (Å²) in [7, 11) is 2.14. The number of anilines is 3. The molecule has 3 aromatic rings. The van der Waals surface area contributed by atoms with Crippen LogP contribution in [0, 0.1) is 0 Å². The van der Waals surface area contributed by atoms with Crippen LogP contribution in [0.1, 0.15) is 30.4 Å². The number of amides is 1. The summed E-state index contributed by atoms with van der Waals surface area (Å²) in [6.45, 7) is 7.18. The molecule has 200 valence electrons. The van der Waals surface area contributed by atoms with Crippen LogP contribution >= 0.6 is 0 Å². The number of nitrogens with one attached hydrogen (secondary N) is 2. The summed E-state index contributed by atoms with van der Waals surface area (Å²) in [5.74, 6) is 0.727. The SMILES string of the molecule is CN1CCN(c2ccc(NC(=O)C3=C=CNc4ccc(-c5cncc(CN6CCCCC6)c5)cc43)cn2)CC1. The number of carbonyl (C=O) groups excluding carboxylic acids is 1. The van der Waals surface area contributed by atoms with E-state index in [1.54, 1.807) is 12.4 Å². The topological polar surface area (TPSA) is 76.6 Å². The van der Waals surface area contributed by atoms with Crippen molar-refractivity contribution < 1.29 is 4.79 Å². The van der Waals surface area contributed by atoms with Crippen molar-refractivity contribution in [3.8, 4) is 11.1 Å². The predicted molar refractivity (Wildman–Crippen MR) is 156 cm³/mol. The summed E-state index contributed by atoms with van der Waals surface area (Å²) < 4.78 is 0. The normalized spacial score (nSPS) is 17.8. The monoisotopic (exact) mass is 521 g/mol. The molecule has 2 N–H and O–H groups in total. The summed E-state index contributed by atoms with van der Waals surface area (Å²) in [5.41, 5.74) is 9.25. The zero-order valence-corrected chi connectivity index (χ0v) is 22.5. The molecule has 5 heterocycles. The first kappa shape index (κ1) is 25.3. The lowest BCUT2D eigenvalue weighted by Gasteiger charge is -2.33. The third-order valence-corrected chi connectivity index (χ3v) is 7.78. The number of piperazine rings is 1. The van der Waals surface area contributed by atoms with Crippen LogP contribution in [-0.2, 0) is 11.3 Å². The van der Waals surface area contributed by atoms with Crippen molar-refractivity contribution in [2.75, 3.05) is 61.8 Å². The molecule has 8 nitrogen and oxygen atoms in total. The summed E-state index contributed by atoms with van der Waals surface area (Å²) in [5, 5.41) is 6.23. The average Bonchev–Trinajstić information content (AvgIpc) is 2.98. The Kier molecular flexibility index (Phi) is 7.41. The van der Waals surface area contributed by atoms with Gasteiger partial charge in [0.05, 0.1) is 17.5 Å². The van der Waals surface area contributed by atoms with Gasteiger partial charge in [0.25, 0.3) is 5.91 Å². The quantitative estimate of drug-likeness (QED) is 0.465. The first-order valence-electron chi connectivity index (χ1n) is 13.9. The van der Waals surface area contributed by atoms with Crippen LogP contribution in [0.2, 0.25) is 0 Å². The molecule has 0 bridgehead atoms. The second-order valence-corrected chi connectivity index (χ2v) is 10.6. The molecule has 0 saturated carbocycles. The van der Waals surface area contributed by atoms with E-state index in [0.29, 0.717) is 11.3 Å². The van der Waals surface area contributed by atoms with Gasteiger partial charge in [0, 0.05) is 68.1 Å². The minimum Gasteiger partial charge on any atom is -0.355 e. The van der Waals surface area contributed by atoms with Crippen molar-refractivity contribution in [1.29, 1.82) is 0 Å². The van der Waals surface area contributed by atoms with E-state index in [1.165, 1.54) is 24.8 Å². The molecule has 1 aromatic carbocycles. The van der Waals surface area contributed by atoms with Crippen molar-refractivity contribution in [2.45, 2.75) is 25.8 Å². The fourth-order valence-corrected chi connectivity index (χ4v) is 5.49. The van der Waals surface area contributed by atoms with Gasteiger partial charge in [0.2, 0.25) is 0 Å². The lowest BCUT2D eigenvalue weighted by Crippen LogP contribution is -2.44.